The van der Waals surface area contributed by atoms with Gasteiger partial charge in [-0.15, -0.1) is 11.3 Å². The second-order valence-corrected chi connectivity index (χ2v) is 8.09. The predicted octanol–water partition coefficient (Wildman–Crippen LogP) is 3.21. The van der Waals surface area contributed by atoms with Crippen LogP contribution >= 0.6 is 11.3 Å². The van der Waals surface area contributed by atoms with Gasteiger partial charge in [-0.1, -0.05) is 18.2 Å². The molecule has 2 aromatic heterocycles. The monoisotopic (exact) mass is 441 g/mol. The van der Waals surface area contributed by atoms with Crippen LogP contribution in [0.15, 0.2) is 54.2 Å². The van der Waals surface area contributed by atoms with E-state index in [-0.39, 0.29) is 5.91 Å². The van der Waals surface area contributed by atoms with E-state index in [0.29, 0.717) is 5.92 Å². The number of carboxylic acid groups (broad SMARTS) is 2. The van der Waals surface area contributed by atoms with Crippen LogP contribution in [0.3, 0.4) is 0 Å². The fraction of sp³-hybridized carbons (Fsp3) is 0.273. The number of aliphatic carboxylic acids is 2. The summed E-state index contributed by atoms with van der Waals surface area (Å²) < 4.78 is 2.24. The molecule has 0 bridgehead atoms. The molecule has 0 radical (unpaired) electrons. The summed E-state index contributed by atoms with van der Waals surface area (Å²) in [6.07, 6.45) is 7.65. The Morgan fingerprint density at radius 3 is 2.42 bits per heavy atom. The number of amides is 1. The Morgan fingerprint density at radius 1 is 1.06 bits per heavy atom. The number of para-hydroxylation sites is 2. The van der Waals surface area contributed by atoms with Gasteiger partial charge in [-0.3, -0.25) is 4.79 Å². The van der Waals surface area contributed by atoms with Crippen molar-refractivity contribution in [2.24, 2.45) is 5.92 Å². The van der Waals surface area contributed by atoms with Gasteiger partial charge in [0, 0.05) is 30.6 Å². The van der Waals surface area contributed by atoms with E-state index in [0.717, 1.165) is 42.9 Å². The number of hydrogen-bond donors (Lipinski definition) is 2. The molecule has 31 heavy (non-hydrogen) atoms. The number of thiophene rings is 1. The van der Waals surface area contributed by atoms with E-state index in [1.165, 1.54) is 5.52 Å². The number of carboxylic acids is 2. The minimum atomic E-state index is -1.82. The van der Waals surface area contributed by atoms with Gasteiger partial charge in [0.05, 0.1) is 17.4 Å². The van der Waals surface area contributed by atoms with Gasteiger partial charge >= 0.3 is 11.9 Å². The van der Waals surface area contributed by atoms with Gasteiger partial charge in [0.1, 0.15) is 0 Å². The Bertz CT molecular complexity index is 1050. The summed E-state index contributed by atoms with van der Waals surface area (Å²) in [5, 5.41) is 16.8. The average Bonchev–Trinajstić information content (AvgIpc) is 3.43. The first-order valence-electron chi connectivity index (χ1n) is 9.80. The molecule has 8 nitrogen and oxygen atoms in total. The van der Waals surface area contributed by atoms with Crippen LogP contribution in [-0.4, -0.2) is 55.6 Å². The number of aromatic nitrogens is 2. The molecule has 2 N–H and O–H groups in total. The Labute approximate surface area is 183 Å². The second kappa shape index (κ2) is 10.5. The van der Waals surface area contributed by atoms with Gasteiger partial charge in [0.25, 0.3) is 0 Å². The number of nitrogens with zero attached hydrogens (tertiary/aromatic N) is 3. The SMILES string of the molecule is O=C(/C=C/c1cccs1)N1CCC(Cn2cnc3ccccc32)CC1.O=C(O)C(=O)O. The fourth-order valence-electron chi connectivity index (χ4n) is 3.41. The van der Waals surface area contributed by atoms with Crippen molar-refractivity contribution in [3.63, 3.8) is 0 Å². The Balaban J connectivity index is 0.000000401. The number of benzene rings is 1. The first-order valence-corrected chi connectivity index (χ1v) is 10.7. The van der Waals surface area contributed by atoms with Crippen molar-refractivity contribution in [3.05, 3.63) is 59.1 Å². The van der Waals surface area contributed by atoms with Crippen LogP contribution in [0.1, 0.15) is 17.7 Å². The van der Waals surface area contributed by atoms with Crippen molar-refractivity contribution in [1.29, 1.82) is 0 Å². The van der Waals surface area contributed by atoms with Crippen molar-refractivity contribution in [1.82, 2.24) is 14.5 Å². The van der Waals surface area contributed by atoms with Crippen molar-refractivity contribution >= 4 is 46.3 Å². The van der Waals surface area contributed by atoms with Crippen molar-refractivity contribution in [3.8, 4) is 0 Å². The van der Waals surface area contributed by atoms with Crippen molar-refractivity contribution in [2.45, 2.75) is 19.4 Å². The lowest BCUT2D eigenvalue weighted by atomic mass is 9.96. The minimum absolute atomic E-state index is 0.125. The van der Waals surface area contributed by atoms with Crippen LogP contribution < -0.4 is 0 Å². The van der Waals surface area contributed by atoms with Gasteiger partial charge in [-0.25, -0.2) is 14.6 Å². The molecule has 9 heteroatoms. The zero-order chi connectivity index (χ0) is 22.2. The summed E-state index contributed by atoms with van der Waals surface area (Å²) in [6, 6.07) is 12.3. The van der Waals surface area contributed by atoms with E-state index in [1.54, 1.807) is 17.4 Å². The maximum atomic E-state index is 12.3. The number of piperidine rings is 1. The summed E-state index contributed by atoms with van der Waals surface area (Å²) >= 11 is 1.65. The largest absolute Gasteiger partial charge is 0.473 e. The fourth-order valence-corrected chi connectivity index (χ4v) is 4.03. The molecule has 0 saturated carbocycles. The molecule has 4 rings (SSSR count). The molecule has 1 aromatic carbocycles. The van der Waals surface area contributed by atoms with E-state index in [4.69, 9.17) is 19.8 Å². The summed E-state index contributed by atoms with van der Waals surface area (Å²) in [5.41, 5.74) is 2.24. The number of hydrogen-bond acceptors (Lipinski definition) is 5. The number of fused-ring (bicyclic) bond motifs is 1. The first kappa shape index (κ1) is 22.2. The molecule has 0 aliphatic carbocycles. The van der Waals surface area contributed by atoms with Gasteiger partial charge in [-0.2, -0.15) is 0 Å². The summed E-state index contributed by atoms with van der Waals surface area (Å²) in [4.78, 5) is 38.1. The molecule has 162 valence electrons. The van der Waals surface area contributed by atoms with Crippen LogP contribution in [0.25, 0.3) is 17.1 Å². The van der Waals surface area contributed by atoms with Gasteiger partial charge in [0.15, 0.2) is 0 Å². The van der Waals surface area contributed by atoms with Crippen LogP contribution in [0.2, 0.25) is 0 Å². The maximum absolute atomic E-state index is 12.3. The molecule has 0 atom stereocenters. The lowest BCUT2D eigenvalue weighted by molar-refractivity contribution is -0.159. The topological polar surface area (TPSA) is 113 Å². The molecule has 0 spiro atoms. The standard InChI is InChI=1S/C20H21N3OS.C2H2O4/c24-20(8-7-17-4-3-13-25-17)22-11-9-16(10-12-22)14-23-15-21-18-5-1-2-6-19(18)23;3-1(4)2(5)6/h1-8,13,15-16H,9-12,14H2;(H,3,4)(H,5,6)/b8-7+;. The number of carbonyl (C=O) groups is 3. The zero-order valence-corrected chi connectivity index (χ0v) is 17.6. The number of rotatable bonds is 4. The highest BCUT2D eigenvalue weighted by molar-refractivity contribution is 7.10. The van der Waals surface area contributed by atoms with Gasteiger partial charge in [-0.05, 0) is 48.4 Å². The first-order chi connectivity index (χ1) is 14.9. The summed E-state index contributed by atoms with van der Waals surface area (Å²) in [7, 11) is 0. The van der Waals surface area contributed by atoms with Crippen LogP contribution in [0.5, 0.6) is 0 Å². The van der Waals surface area contributed by atoms with Gasteiger partial charge < -0.3 is 19.7 Å². The maximum Gasteiger partial charge on any atom is 0.414 e. The Kier molecular flexibility index (Phi) is 7.55. The third-order valence-electron chi connectivity index (χ3n) is 5.02. The predicted molar refractivity (Wildman–Crippen MR) is 118 cm³/mol. The average molecular weight is 442 g/mol. The quantitative estimate of drug-likeness (QED) is 0.475. The number of likely N-dealkylation sites (tertiary alicyclic amines) is 1. The third-order valence-corrected chi connectivity index (χ3v) is 5.86. The highest BCUT2D eigenvalue weighted by Gasteiger charge is 2.22. The molecule has 0 unspecified atom stereocenters. The van der Waals surface area contributed by atoms with E-state index in [2.05, 4.69) is 21.7 Å². The molecular weight excluding hydrogens is 418 g/mol. The smallest absolute Gasteiger partial charge is 0.414 e. The molecule has 1 aliphatic heterocycles. The third kappa shape index (κ3) is 6.26. The number of carbonyl (C=O) groups excluding carboxylic acids is 1. The lowest BCUT2D eigenvalue weighted by Gasteiger charge is -2.31. The second-order valence-electron chi connectivity index (χ2n) is 7.11. The highest BCUT2D eigenvalue weighted by Crippen LogP contribution is 2.22. The van der Waals surface area contributed by atoms with Crippen molar-refractivity contribution < 1.29 is 24.6 Å². The van der Waals surface area contributed by atoms with E-state index < -0.39 is 11.9 Å². The minimum Gasteiger partial charge on any atom is -0.473 e. The molecule has 1 fully saturated rings. The van der Waals surface area contributed by atoms with Crippen LogP contribution in [-0.2, 0) is 20.9 Å². The van der Waals surface area contributed by atoms with Crippen LogP contribution in [0.4, 0.5) is 0 Å². The molecule has 3 aromatic rings. The summed E-state index contributed by atoms with van der Waals surface area (Å²) in [6.45, 7) is 2.66. The molecule has 1 aliphatic rings. The molecule has 1 amide bonds. The lowest BCUT2D eigenvalue weighted by Crippen LogP contribution is -2.38. The molecular formula is C22H23N3O5S. The Hall–Kier alpha value is -3.46. The Morgan fingerprint density at radius 2 is 1.77 bits per heavy atom. The molecule has 3 heterocycles. The number of imidazole rings is 1. The van der Waals surface area contributed by atoms with Gasteiger partial charge in [0.2, 0.25) is 5.91 Å². The zero-order valence-electron chi connectivity index (χ0n) is 16.8. The van der Waals surface area contributed by atoms with E-state index in [9.17, 15) is 4.79 Å². The van der Waals surface area contributed by atoms with Crippen molar-refractivity contribution in [2.75, 3.05) is 13.1 Å². The highest BCUT2D eigenvalue weighted by atomic mass is 32.1. The molecule has 1 saturated heterocycles. The van der Waals surface area contributed by atoms with Crippen LogP contribution in [0, 0.1) is 5.92 Å². The van der Waals surface area contributed by atoms with E-state index >= 15 is 0 Å². The summed E-state index contributed by atoms with van der Waals surface area (Å²) in [5.74, 6) is -2.92. The van der Waals surface area contributed by atoms with E-state index in [1.807, 2.05) is 46.9 Å². The normalized spacial score (nSPS) is 14.4.